The van der Waals surface area contributed by atoms with Gasteiger partial charge in [-0.2, -0.15) is 15.6 Å². The smallest absolute Gasteiger partial charge is 0.237 e. The molecular formula is C21H16N4O2. The summed E-state index contributed by atoms with van der Waals surface area (Å²) in [7, 11) is 1.57. The Hall–Kier alpha value is -3.64. The van der Waals surface area contributed by atoms with Crippen molar-refractivity contribution in [1.82, 2.24) is 5.01 Å². The maximum absolute atomic E-state index is 12.2. The topological polar surface area (TPSA) is 89.5 Å². The van der Waals surface area contributed by atoms with Gasteiger partial charge in [-0.1, -0.05) is 36.4 Å². The number of aldehydes is 1. The summed E-state index contributed by atoms with van der Waals surface area (Å²) in [5, 5.41) is 26.0. The van der Waals surface area contributed by atoms with E-state index in [0.29, 0.717) is 5.75 Å². The predicted octanol–water partition coefficient (Wildman–Crippen LogP) is 2.78. The van der Waals surface area contributed by atoms with Gasteiger partial charge in [0.1, 0.15) is 24.2 Å². The van der Waals surface area contributed by atoms with Crippen LogP contribution in [0.4, 0.5) is 0 Å². The van der Waals surface area contributed by atoms with E-state index in [1.165, 1.54) is 5.01 Å². The highest BCUT2D eigenvalue weighted by Crippen LogP contribution is 2.55. The van der Waals surface area contributed by atoms with Crippen LogP contribution in [-0.2, 0) is 4.79 Å². The minimum absolute atomic E-state index is 0.463. The third kappa shape index (κ3) is 2.24. The fourth-order valence-corrected chi connectivity index (χ4v) is 4.20. The van der Waals surface area contributed by atoms with Crippen LogP contribution in [-0.4, -0.2) is 30.2 Å². The van der Waals surface area contributed by atoms with E-state index in [2.05, 4.69) is 17.2 Å². The molecule has 2 aliphatic heterocycles. The predicted molar refractivity (Wildman–Crippen MR) is 97.9 cm³/mol. The maximum atomic E-state index is 12.2. The molecule has 2 aromatic rings. The van der Waals surface area contributed by atoms with E-state index in [0.717, 1.165) is 23.0 Å². The van der Waals surface area contributed by atoms with Gasteiger partial charge in [-0.3, -0.25) is 5.01 Å². The molecule has 2 aromatic carbocycles. The first kappa shape index (κ1) is 16.8. The van der Waals surface area contributed by atoms with Crippen LogP contribution in [0.15, 0.2) is 53.6 Å². The molecule has 0 aliphatic carbocycles. The maximum Gasteiger partial charge on any atom is 0.237 e. The molecular weight excluding hydrogens is 340 g/mol. The van der Waals surface area contributed by atoms with E-state index < -0.39 is 23.4 Å². The second kappa shape index (κ2) is 6.26. The largest absolute Gasteiger partial charge is 0.497 e. The Morgan fingerprint density at radius 2 is 1.85 bits per heavy atom. The monoisotopic (exact) mass is 356 g/mol. The van der Waals surface area contributed by atoms with Crippen LogP contribution in [0.1, 0.15) is 28.7 Å². The molecule has 2 heterocycles. The standard InChI is InChI=1S/C21H16N4O2/c1-27-16-8-6-14(7-9-16)19-18(11-26)20-17-5-3-2-4-15(17)10-24-25(20)21(19,12-22)13-23/h2-11,18-20H,1H3/t18-,19-,20+/m1/s1. The second-order valence-corrected chi connectivity index (χ2v) is 6.62. The number of benzene rings is 2. The van der Waals surface area contributed by atoms with Crippen LogP contribution >= 0.6 is 0 Å². The second-order valence-electron chi connectivity index (χ2n) is 6.62. The van der Waals surface area contributed by atoms with Crippen molar-refractivity contribution in [2.45, 2.75) is 17.5 Å². The summed E-state index contributed by atoms with van der Waals surface area (Å²) in [6, 6.07) is 18.6. The van der Waals surface area contributed by atoms with Crippen LogP contribution in [0, 0.1) is 28.6 Å². The molecule has 0 unspecified atom stereocenters. The fourth-order valence-electron chi connectivity index (χ4n) is 4.20. The van der Waals surface area contributed by atoms with Gasteiger partial charge in [0.05, 0.1) is 25.3 Å². The minimum Gasteiger partial charge on any atom is -0.497 e. The zero-order chi connectivity index (χ0) is 19.0. The first-order valence-corrected chi connectivity index (χ1v) is 8.54. The highest BCUT2D eigenvalue weighted by molar-refractivity contribution is 5.84. The number of carbonyl (C=O) groups excluding carboxylic acids is 1. The molecule has 1 saturated heterocycles. The summed E-state index contributed by atoms with van der Waals surface area (Å²) in [5.41, 5.74) is 0.953. The molecule has 0 N–H and O–H groups in total. The first-order valence-electron chi connectivity index (χ1n) is 8.54. The van der Waals surface area contributed by atoms with Gasteiger partial charge >= 0.3 is 0 Å². The summed E-state index contributed by atoms with van der Waals surface area (Å²) >= 11 is 0. The quantitative estimate of drug-likeness (QED) is 0.789. The molecule has 0 aromatic heterocycles. The number of hydrazone groups is 1. The lowest BCUT2D eigenvalue weighted by atomic mass is 9.75. The number of hydrogen-bond acceptors (Lipinski definition) is 6. The molecule has 0 radical (unpaired) electrons. The molecule has 2 aliphatic rings. The Balaban J connectivity index is 1.93. The van der Waals surface area contributed by atoms with Crippen LogP contribution in [0.25, 0.3) is 0 Å². The number of rotatable bonds is 3. The Morgan fingerprint density at radius 3 is 2.48 bits per heavy atom. The number of nitrogens with zero attached hydrogens (tertiary/aromatic N) is 4. The van der Waals surface area contributed by atoms with Gasteiger partial charge in [-0.25, -0.2) is 0 Å². The van der Waals surface area contributed by atoms with E-state index >= 15 is 0 Å². The van der Waals surface area contributed by atoms with Gasteiger partial charge in [-0.15, -0.1) is 0 Å². The zero-order valence-corrected chi connectivity index (χ0v) is 14.6. The summed E-state index contributed by atoms with van der Waals surface area (Å²) in [6.45, 7) is 0. The Bertz CT molecular complexity index is 986. The van der Waals surface area contributed by atoms with Gasteiger partial charge in [0.25, 0.3) is 0 Å². The highest BCUT2D eigenvalue weighted by Gasteiger charge is 2.62. The van der Waals surface area contributed by atoms with Gasteiger partial charge in [0.15, 0.2) is 0 Å². The third-order valence-electron chi connectivity index (χ3n) is 5.43. The first-order chi connectivity index (χ1) is 13.2. The van der Waals surface area contributed by atoms with Crippen LogP contribution in [0.2, 0.25) is 0 Å². The van der Waals surface area contributed by atoms with Crippen molar-refractivity contribution in [1.29, 1.82) is 10.5 Å². The zero-order valence-electron chi connectivity index (χ0n) is 14.6. The lowest BCUT2D eigenvalue weighted by Gasteiger charge is -2.33. The normalized spacial score (nSPS) is 24.3. The van der Waals surface area contributed by atoms with Crippen molar-refractivity contribution in [2.75, 3.05) is 7.11 Å². The molecule has 3 atom stereocenters. The summed E-state index contributed by atoms with van der Waals surface area (Å²) in [5.74, 6) is -0.555. The number of fused-ring (bicyclic) bond motifs is 3. The lowest BCUT2D eigenvalue weighted by Crippen LogP contribution is -2.43. The number of hydrogen-bond donors (Lipinski definition) is 0. The van der Waals surface area contributed by atoms with Gasteiger partial charge in [0.2, 0.25) is 5.54 Å². The van der Waals surface area contributed by atoms with E-state index in [1.807, 2.05) is 24.3 Å². The molecule has 0 spiro atoms. The van der Waals surface area contributed by atoms with E-state index in [-0.39, 0.29) is 0 Å². The molecule has 27 heavy (non-hydrogen) atoms. The lowest BCUT2D eigenvalue weighted by molar-refractivity contribution is -0.112. The summed E-state index contributed by atoms with van der Waals surface area (Å²) in [6.07, 6.45) is 2.49. The third-order valence-corrected chi connectivity index (χ3v) is 5.43. The van der Waals surface area contributed by atoms with Crippen LogP contribution in [0.5, 0.6) is 5.75 Å². The molecule has 0 amide bonds. The highest BCUT2D eigenvalue weighted by atomic mass is 16.5. The Kier molecular flexibility index (Phi) is 3.90. The van der Waals surface area contributed by atoms with Crippen molar-refractivity contribution in [2.24, 2.45) is 11.0 Å². The van der Waals surface area contributed by atoms with Crippen molar-refractivity contribution >= 4 is 12.5 Å². The fraction of sp³-hybridized carbons (Fsp3) is 0.238. The van der Waals surface area contributed by atoms with Crippen molar-refractivity contribution < 1.29 is 9.53 Å². The summed E-state index contributed by atoms with van der Waals surface area (Å²) < 4.78 is 5.20. The van der Waals surface area contributed by atoms with E-state index in [4.69, 9.17) is 4.74 Å². The van der Waals surface area contributed by atoms with Gasteiger partial charge in [0, 0.05) is 5.92 Å². The Morgan fingerprint density at radius 1 is 1.15 bits per heavy atom. The molecule has 6 nitrogen and oxygen atoms in total. The van der Waals surface area contributed by atoms with Crippen molar-refractivity contribution in [3.8, 4) is 17.9 Å². The Labute approximate surface area is 156 Å². The van der Waals surface area contributed by atoms with E-state index in [1.54, 1.807) is 37.6 Å². The molecule has 4 rings (SSSR count). The van der Waals surface area contributed by atoms with E-state index in [9.17, 15) is 15.3 Å². The molecule has 0 saturated carbocycles. The molecule has 0 bridgehead atoms. The summed E-state index contributed by atoms with van der Waals surface area (Å²) in [4.78, 5) is 12.2. The van der Waals surface area contributed by atoms with Gasteiger partial charge < -0.3 is 9.53 Å². The minimum atomic E-state index is -1.57. The molecule has 132 valence electrons. The molecule has 1 fully saturated rings. The van der Waals surface area contributed by atoms with Crippen LogP contribution in [0.3, 0.4) is 0 Å². The SMILES string of the molecule is COc1ccc([C@@H]2[C@@H](C=O)[C@@H]3c4ccccc4C=NN3C2(C#N)C#N)cc1. The van der Waals surface area contributed by atoms with Crippen LogP contribution < -0.4 is 4.74 Å². The average Bonchev–Trinajstić information content (AvgIpc) is 3.04. The number of nitriles is 2. The number of methoxy groups -OCH3 is 1. The molecule has 6 heteroatoms. The number of carbonyl (C=O) groups is 1. The van der Waals surface area contributed by atoms with Crippen molar-refractivity contribution in [3.63, 3.8) is 0 Å². The van der Waals surface area contributed by atoms with Crippen molar-refractivity contribution in [3.05, 3.63) is 65.2 Å². The average molecular weight is 356 g/mol. The van der Waals surface area contributed by atoms with Gasteiger partial charge in [-0.05, 0) is 28.8 Å². The number of ether oxygens (including phenoxy) is 1.